The number of methoxy groups -OCH3 is 2. The van der Waals surface area contributed by atoms with Crippen molar-refractivity contribution in [1.29, 1.82) is 0 Å². The summed E-state index contributed by atoms with van der Waals surface area (Å²) in [5.74, 6) is 0.777. The van der Waals surface area contributed by atoms with Crippen LogP contribution in [-0.4, -0.2) is 49.1 Å². The van der Waals surface area contributed by atoms with Crippen molar-refractivity contribution in [1.82, 2.24) is 29.1 Å². The van der Waals surface area contributed by atoms with Gasteiger partial charge in [-0.1, -0.05) is 6.07 Å². The normalized spacial score (nSPS) is 11.2. The molecular weight excluding hydrogens is 432 g/mol. The van der Waals surface area contributed by atoms with E-state index in [4.69, 9.17) is 9.47 Å². The molecular formula is C25H24N6O3. The van der Waals surface area contributed by atoms with Crippen LogP contribution in [0.5, 0.6) is 11.5 Å². The predicted molar refractivity (Wildman–Crippen MR) is 128 cm³/mol. The molecule has 3 aromatic heterocycles. The lowest BCUT2D eigenvalue weighted by Gasteiger charge is -2.15. The molecule has 3 heterocycles. The Kier molecular flexibility index (Phi) is 5.37. The van der Waals surface area contributed by atoms with Crippen LogP contribution < -0.4 is 9.47 Å². The van der Waals surface area contributed by atoms with E-state index < -0.39 is 0 Å². The minimum Gasteiger partial charge on any atom is -0.496 e. The summed E-state index contributed by atoms with van der Waals surface area (Å²) in [4.78, 5) is 17.7. The number of aromatic nitrogens is 6. The first kappa shape index (κ1) is 21.4. The Morgan fingerprint density at radius 3 is 2.24 bits per heavy atom. The number of fused-ring (bicyclic) bond motifs is 1. The van der Waals surface area contributed by atoms with Gasteiger partial charge in [0.15, 0.2) is 5.78 Å². The third kappa shape index (κ3) is 3.81. The number of ketones is 1. The third-order valence-corrected chi connectivity index (χ3v) is 5.76. The lowest BCUT2D eigenvalue weighted by molar-refractivity contribution is 0.0987. The van der Waals surface area contributed by atoms with Gasteiger partial charge in [0.1, 0.15) is 23.4 Å². The topological polar surface area (TPSA) is 89.0 Å². The first-order valence-corrected chi connectivity index (χ1v) is 10.7. The summed E-state index contributed by atoms with van der Waals surface area (Å²) >= 11 is 0. The zero-order chi connectivity index (χ0) is 23.8. The highest BCUT2D eigenvalue weighted by Gasteiger charge is 2.22. The van der Waals surface area contributed by atoms with E-state index >= 15 is 0 Å². The van der Waals surface area contributed by atoms with E-state index in [0.717, 1.165) is 33.4 Å². The molecule has 9 heteroatoms. The summed E-state index contributed by atoms with van der Waals surface area (Å²) in [5, 5.41) is 8.38. The largest absolute Gasteiger partial charge is 0.496 e. The van der Waals surface area contributed by atoms with Crippen LogP contribution in [0.2, 0.25) is 0 Å². The fourth-order valence-electron chi connectivity index (χ4n) is 4.12. The number of aryl methyl sites for hydroxylation is 2. The lowest BCUT2D eigenvalue weighted by atomic mass is 10.0. The first-order valence-electron chi connectivity index (χ1n) is 10.7. The SMILES string of the molecule is COc1cc(-n2cnc3cc(-c4cnn(C)c4)ccc32)cc(OC)c1C(=O)Cc1cnn(C)c1. The van der Waals surface area contributed by atoms with Gasteiger partial charge >= 0.3 is 0 Å². The van der Waals surface area contributed by atoms with E-state index in [9.17, 15) is 4.79 Å². The summed E-state index contributed by atoms with van der Waals surface area (Å²) in [6.07, 6.45) is 9.25. The van der Waals surface area contributed by atoms with E-state index in [1.807, 2.05) is 67.6 Å². The van der Waals surface area contributed by atoms with Gasteiger partial charge in [0.25, 0.3) is 0 Å². The van der Waals surface area contributed by atoms with Gasteiger partial charge in [0, 0.05) is 50.6 Å². The highest BCUT2D eigenvalue weighted by molar-refractivity contribution is 6.03. The molecule has 0 aliphatic heterocycles. The number of rotatable bonds is 7. The second kappa shape index (κ2) is 8.51. The first-order chi connectivity index (χ1) is 16.5. The molecule has 5 rings (SSSR count). The quantitative estimate of drug-likeness (QED) is 0.348. The second-order valence-corrected chi connectivity index (χ2v) is 8.07. The van der Waals surface area contributed by atoms with Crippen molar-refractivity contribution >= 4 is 16.8 Å². The zero-order valence-electron chi connectivity index (χ0n) is 19.4. The number of imidazole rings is 1. The number of ether oxygens (including phenoxy) is 2. The second-order valence-electron chi connectivity index (χ2n) is 8.07. The fourth-order valence-corrected chi connectivity index (χ4v) is 4.12. The Labute approximate surface area is 196 Å². The third-order valence-electron chi connectivity index (χ3n) is 5.76. The summed E-state index contributed by atoms with van der Waals surface area (Å²) in [7, 11) is 6.80. The maximum absolute atomic E-state index is 13.1. The molecule has 0 unspecified atom stereocenters. The molecule has 0 spiro atoms. The Morgan fingerprint density at radius 2 is 1.62 bits per heavy atom. The van der Waals surface area contributed by atoms with Crippen LogP contribution in [0.15, 0.2) is 61.4 Å². The number of nitrogens with zero attached hydrogens (tertiary/aromatic N) is 6. The number of Topliss-reactive ketones (excluding diaryl/α,β-unsaturated/α-hetero) is 1. The highest BCUT2D eigenvalue weighted by atomic mass is 16.5. The average Bonchev–Trinajstić information content (AvgIpc) is 3.57. The van der Waals surface area contributed by atoms with E-state index in [0.29, 0.717) is 17.1 Å². The maximum Gasteiger partial charge on any atom is 0.174 e. The molecule has 5 aromatic rings. The van der Waals surface area contributed by atoms with E-state index in [-0.39, 0.29) is 12.2 Å². The van der Waals surface area contributed by atoms with Gasteiger partial charge in [-0.25, -0.2) is 4.98 Å². The van der Waals surface area contributed by atoms with Gasteiger partial charge in [0.05, 0.1) is 43.3 Å². The molecule has 0 amide bonds. The van der Waals surface area contributed by atoms with Crippen molar-refractivity contribution < 1.29 is 14.3 Å². The van der Waals surface area contributed by atoms with Gasteiger partial charge < -0.3 is 9.47 Å². The molecule has 0 aliphatic carbocycles. The van der Waals surface area contributed by atoms with Crippen molar-refractivity contribution in [3.63, 3.8) is 0 Å². The molecule has 0 saturated heterocycles. The summed E-state index contributed by atoms with van der Waals surface area (Å²) in [6.45, 7) is 0. The minimum atomic E-state index is -0.107. The molecule has 0 radical (unpaired) electrons. The Morgan fingerprint density at radius 1 is 0.912 bits per heavy atom. The molecule has 0 bridgehead atoms. The predicted octanol–water partition coefficient (Wildman–Crippen LogP) is 3.60. The van der Waals surface area contributed by atoms with Gasteiger partial charge in [-0.2, -0.15) is 10.2 Å². The number of hydrogen-bond acceptors (Lipinski definition) is 6. The number of hydrogen-bond donors (Lipinski definition) is 0. The molecule has 34 heavy (non-hydrogen) atoms. The van der Waals surface area contributed by atoms with Crippen LogP contribution in [0.3, 0.4) is 0 Å². The van der Waals surface area contributed by atoms with E-state index in [1.54, 1.807) is 36.1 Å². The summed E-state index contributed by atoms with van der Waals surface area (Å²) < 4.78 is 16.6. The molecule has 0 N–H and O–H groups in total. The minimum absolute atomic E-state index is 0.107. The molecule has 0 fully saturated rings. The highest BCUT2D eigenvalue weighted by Crippen LogP contribution is 2.35. The van der Waals surface area contributed by atoms with Crippen LogP contribution in [0.4, 0.5) is 0 Å². The number of carbonyl (C=O) groups excluding carboxylic acids is 1. The lowest BCUT2D eigenvalue weighted by Crippen LogP contribution is -2.09. The van der Waals surface area contributed by atoms with Crippen molar-refractivity contribution in [2.45, 2.75) is 6.42 Å². The van der Waals surface area contributed by atoms with Crippen molar-refractivity contribution in [3.05, 3.63) is 72.6 Å². The zero-order valence-corrected chi connectivity index (χ0v) is 19.4. The van der Waals surface area contributed by atoms with Crippen LogP contribution in [-0.2, 0) is 20.5 Å². The monoisotopic (exact) mass is 456 g/mol. The fraction of sp³-hybridized carbons (Fsp3) is 0.200. The molecule has 0 saturated carbocycles. The van der Waals surface area contributed by atoms with Gasteiger partial charge in [0.2, 0.25) is 0 Å². The van der Waals surface area contributed by atoms with Crippen molar-refractivity contribution in [2.75, 3.05) is 14.2 Å². The van der Waals surface area contributed by atoms with Crippen molar-refractivity contribution in [3.8, 4) is 28.3 Å². The van der Waals surface area contributed by atoms with E-state index in [2.05, 4.69) is 15.2 Å². The Bertz CT molecular complexity index is 1490. The van der Waals surface area contributed by atoms with Crippen molar-refractivity contribution in [2.24, 2.45) is 14.1 Å². The average molecular weight is 457 g/mol. The molecule has 9 nitrogen and oxygen atoms in total. The Hall–Kier alpha value is -4.40. The van der Waals surface area contributed by atoms with Gasteiger partial charge in [-0.3, -0.25) is 18.7 Å². The number of benzene rings is 2. The van der Waals surface area contributed by atoms with Gasteiger partial charge in [-0.15, -0.1) is 0 Å². The summed E-state index contributed by atoms with van der Waals surface area (Å²) in [5.41, 5.74) is 5.84. The van der Waals surface area contributed by atoms with Crippen LogP contribution in [0.25, 0.3) is 27.8 Å². The molecule has 172 valence electrons. The van der Waals surface area contributed by atoms with Crippen LogP contribution in [0, 0.1) is 0 Å². The molecule has 0 aliphatic rings. The molecule has 0 atom stereocenters. The smallest absolute Gasteiger partial charge is 0.174 e. The van der Waals surface area contributed by atoms with Crippen LogP contribution in [0.1, 0.15) is 15.9 Å². The van der Waals surface area contributed by atoms with E-state index in [1.165, 1.54) is 0 Å². The Balaban J connectivity index is 1.54. The number of carbonyl (C=O) groups is 1. The molecule has 2 aromatic carbocycles. The van der Waals surface area contributed by atoms with Crippen LogP contribution >= 0.6 is 0 Å². The summed E-state index contributed by atoms with van der Waals surface area (Å²) in [6, 6.07) is 9.75. The maximum atomic E-state index is 13.1. The standard InChI is InChI=1S/C25H24N6O3/c1-29-13-16(11-27-29)7-22(32)25-23(33-3)9-19(10-24(25)34-4)31-15-26-20-8-17(5-6-21(20)31)18-12-28-30(2)14-18/h5-6,8-15H,7H2,1-4H3. The van der Waals surface area contributed by atoms with Gasteiger partial charge in [-0.05, 0) is 23.3 Å².